The first-order valence-electron chi connectivity index (χ1n) is 9.43. The molecule has 1 N–H and O–H groups in total. The van der Waals surface area contributed by atoms with Gasteiger partial charge in [-0.05, 0) is 38.5 Å². The Morgan fingerprint density at radius 2 is 1.64 bits per heavy atom. The summed E-state index contributed by atoms with van der Waals surface area (Å²) < 4.78 is 0. The summed E-state index contributed by atoms with van der Waals surface area (Å²) in [5.41, 5.74) is 1.55. The van der Waals surface area contributed by atoms with Gasteiger partial charge in [0.2, 0.25) is 0 Å². The predicted molar refractivity (Wildman–Crippen MR) is 96.3 cm³/mol. The number of carbonyl (C=O) groups is 1. The number of carboxylic acid groups (broad SMARTS) is 1. The monoisotopic (exact) mass is 310 g/mol. The van der Waals surface area contributed by atoms with Crippen LogP contribution < -0.4 is 0 Å². The van der Waals surface area contributed by atoms with Gasteiger partial charge in [-0.2, -0.15) is 0 Å². The highest BCUT2D eigenvalue weighted by molar-refractivity contribution is 5.66. The third kappa shape index (κ3) is 15.6. The van der Waals surface area contributed by atoms with Crippen molar-refractivity contribution >= 4 is 5.97 Å². The molecular formula is C20H38O2. The third-order valence-corrected chi connectivity index (χ3v) is 4.31. The van der Waals surface area contributed by atoms with Crippen molar-refractivity contribution in [2.45, 2.75) is 104 Å². The first-order valence-corrected chi connectivity index (χ1v) is 9.43. The van der Waals surface area contributed by atoms with Crippen molar-refractivity contribution in [3.05, 3.63) is 11.6 Å². The van der Waals surface area contributed by atoms with Gasteiger partial charge < -0.3 is 5.11 Å². The first kappa shape index (κ1) is 21.2. The molecule has 0 saturated carbocycles. The maximum absolute atomic E-state index is 10.4. The Morgan fingerprint density at radius 3 is 2.32 bits per heavy atom. The van der Waals surface area contributed by atoms with Crippen LogP contribution in [0.2, 0.25) is 0 Å². The molecule has 0 spiro atoms. The molecule has 2 nitrogen and oxygen atoms in total. The van der Waals surface area contributed by atoms with E-state index in [1.54, 1.807) is 5.57 Å². The molecule has 0 aromatic carbocycles. The fraction of sp³-hybridized carbons (Fsp3) is 0.850. The van der Waals surface area contributed by atoms with E-state index >= 15 is 0 Å². The minimum atomic E-state index is -0.664. The van der Waals surface area contributed by atoms with Gasteiger partial charge in [0.25, 0.3) is 0 Å². The van der Waals surface area contributed by atoms with E-state index in [1.807, 2.05) is 0 Å². The highest BCUT2D eigenvalue weighted by Crippen LogP contribution is 2.19. The molecule has 1 unspecified atom stereocenters. The molecule has 2 heteroatoms. The number of aliphatic carboxylic acids is 1. The highest BCUT2D eigenvalue weighted by Gasteiger charge is 2.03. The molecule has 0 saturated heterocycles. The average Bonchev–Trinajstić information content (AvgIpc) is 2.46. The van der Waals surface area contributed by atoms with Gasteiger partial charge in [-0.25, -0.2) is 0 Å². The van der Waals surface area contributed by atoms with Crippen molar-refractivity contribution < 1.29 is 9.90 Å². The molecular weight excluding hydrogens is 272 g/mol. The fourth-order valence-electron chi connectivity index (χ4n) is 2.95. The minimum absolute atomic E-state index is 0.329. The lowest BCUT2D eigenvalue weighted by Gasteiger charge is -2.11. The Kier molecular flexibility index (Phi) is 14.6. The number of hydrogen-bond acceptors (Lipinski definition) is 1. The van der Waals surface area contributed by atoms with Crippen LogP contribution in [0.5, 0.6) is 0 Å². The molecule has 0 radical (unpaired) electrons. The summed E-state index contributed by atoms with van der Waals surface area (Å²) in [7, 11) is 0. The van der Waals surface area contributed by atoms with E-state index < -0.39 is 5.97 Å². The molecule has 0 aliphatic carbocycles. The maximum atomic E-state index is 10.4. The topological polar surface area (TPSA) is 37.3 Å². The summed E-state index contributed by atoms with van der Waals surface area (Å²) in [4.78, 5) is 10.4. The number of rotatable bonds is 15. The molecule has 22 heavy (non-hydrogen) atoms. The van der Waals surface area contributed by atoms with Gasteiger partial charge in [0.05, 0.1) is 0 Å². The predicted octanol–water partition coefficient (Wildman–Crippen LogP) is 6.74. The second kappa shape index (κ2) is 15.1. The van der Waals surface area contributed by atoms with Gasteiger partial charge in [-0.15, -0.1) is 0 Å². The molecule has 0 fully saturated rings. The van der Waals surface area contributed by atoms with E-state index in [2.05, 4.69) is 26.8 Å². The number of unbranched alkanes of at least 4 members (excludes halogenated alkanes) is 8. The number of allylic oxidation sites excluding steroid dienone is 2. The largest absolute Gasteiger partial charge is 0.481 e. The van der Waals surface area contributed by atoms with Crippen molar-refractivity contribution in [2.24, 2.45) is 5.92 Å². The van der Waals surface area contributed by atoms with Gasteiger partial charge in [-0.3, -0.25) is 4.79 Å². The Labute approximate surface area is 138 Å². The Balaban J connectivity index is 3.49. The van der Waals surface area contributed by atoms with Gasteiger partial charge in [0.1, 0.15) is 0 Å². The van der Waals surface area contributed by atoms with Crippen LogP contribution >= 0.6 is 0 Å². The quantitative estimate of drug-likeness (QED) is 0.268. The van der Waals surface area contributed by atoms with Crippen LogP contribution in [0, 0.1) is 5.92 Å². The molecule has 0 aliphatic heterocycles. The third-order valence-electron chi connectivity index (χ3n) is 4.31. The van der Waals surface area contributed by atoms with Crippen molar-refractivity contribution in [1.82, 2.24) is 0 Å². The number of hydrogen-bond donors (Lipinski definition) is 1. The minimum Gasteiger partial charge on any atom is -0.481 e. The second-order valence-corrected chi connectivity index (χ2v) is 6.91. The summed E-state index contributed by atoms with van der Waals surface area (Å²) in [5, 5.41) is 8.56. The maximum Gasteiger partial charge on any atom is 0.303 e. The summed E-state index contributed by atoms with van der Waals surface area (Å²) in [6.07, 6.45) is 17.6. The van der Waals surface area contributed by atoms with Crippen molar-refractivity contribution in [2.75, 3.05) is 0 Å². The summed E-state index contributed by atoms with van der Waals surface area (Å²) in [5.74, 6) is 0.159. The van der Waals surface area contributed by atoms with E-state index in [4.69, 9.17) is 5.11 Å². The molecule has 0 aromatic heterocycles. The van der Waals surface area contributed by atoms with Crippen LogP contribution in [-0.2, 0) is 4.79 Å². The van der Waals surface area contributed by atoms with Crippen molar-refractivity contribution in [3.8, 4) is 0 Å². The van der Waals surface area contributed by atoms with Crippen molar-refractivity contribution in [1.29, 1.82) is 0 Å². The molecule has 0 aliphatic rings. The van der Waals surface area contributed by atoms with E-state index in [-0.39, 0.29) is 0 Å². The summed E-state index contributed by atoms with van der Waals surface area (Å²) in [6.45, 7) is 6.92. The molecule has 0 bridgehead atoms. The van der Waals surface area contributed by atoms with Crippen molar-refractivity contribution in [3.63, 3.8) is 0 Å². The van der Waals surface area contributed by atoms with Crippen LogP contribution in [-0.4, -0.2) is 11.1 Å². The molecule has 130 valence electrons. The Morgan fingerprint density at radius 1 is 1.00 bits per heavy atom. The Hall–Kier alpha value is -0.790. The summed E-state index contributed by atoms with van der Waals surface area (Å²) in [6, 6.07) is 0. The zero-order chi connectivity index (χ0) is 16.6. The fourth-order valence-corrected chi connectivity index (χ4v) is 2.95. The molecule has 0 aromatic rings. The molecule has 0 heterocycles. The SMILES string of the molecule is CCCCCCC(C)C/C(C)=C\CCCCCCCC(=O)O. The Bertz CT molecular complexity index is 294. The number of carboxylic acids is 1. The van der Waals surface area contributed by atoms with Gasteiger partial charge >= 0.3 is 5.97 Å². The zero-order valence-electron chi connectivity index (χ0n) is 15.2. The van der Waals surface area contributed by atoms with Crippen LogP contribution in [0.4, 0.5) is 0 Å². The molecule has 1 atom stereocenters. The normalized spacial score (nSPS) is 13.3. The van der Waals surface area contributed by atoms with Gasteiger partial charge in [0, 0.05) is 6.42 Å². The van der Waals surface area contributed by atoms with Crippen LogP contribution in [0.1, 0.15) is 104 Å². The van der Waals surface area contributed by atoms with E-state index in [0.717, 1.165) is 18.8 Å². The highest BCUT2D eigenvalue weighted by atomic mass is 16.4. The second-order valence-electron chi connectivity index (χ2n) is 6.91. The average molecular weight is 311 g/mol. The van der Waals surface area contributed by atoms with Gasteiger partial charge in [0.15, 0.2) is 0 Å². The first-order chi connectivity index (χ1) is 10.6. The van der Waals surface area contributed by atoms with Crippen LogP contribution in [0.3, 0.4) is 0 Å². The lowest BCUT2D eigenvalue weighted by atomic mass is 9.95. The molecule has 0 amide bonds. The lowest BCUT2D eigenvalue weighted by molar-refractivity contribution is -0.137. The smallest absolute Gasteiger partial charge is 0.303 e. The van der Waals surface area contributed by atoms with E-state index in [0.29, 0.717) is 6.42 Å². The van der Waals surface area contributed by atoms with E-state index in [9.17, 15) is 4.79 Å². The van der Waals surface area contributed by atoms with Crippen LogP contribution in [0.25, 0.3) is 0 Å². The van der Waals surface area contributed by atoms with Crippen LogP contribution in [0.15, 0.2) is 11.6 Å². The molecule has 0 rings (SSSR count). The lowest BCUT2D eigenvalue weighted by Crippen LogP contribution is -1.96. The zero-order valence-corrected chi connectivity index (χ0v) is 15.2. The van der Waals surface area contributed by atoms with E-state index in [1.165, 1.54) is 64.2 Å². The standard InChI is InChI=1S/C20H38O2/c1-4-5-6-11-14-18(2)17-19(3)15-12-9-7-8-10-13-16-20(21)22/h15,18H,4-14,16-17H2,1-3H3,(H,21,22)/b19-15-. The summed E-state index contributed by atoms with van der Waals surface area (Å²) >= 11 is 0. The van der Waals surface area contributed by atoms with Gasteiger partial charge in [-0.1, -0.05) is 76.9 Å².